The first-order chi connectivity index (χ1) is 16.2. The van der Waals surface area contributed by atoms with Crippen molar-refractivity contribution >= 4 is 46.6 Å². The molecule has 0 fully saturated rings. The average molecular weight is 544 g/mol. The van der Waals surface area contributed by atoms with Gasteiger partial charge in [0.25, 0.3) is 0 Å². The minimum atomic E-state index is -4.58. The molecule has 1 amide bonds. The van der Waals surface area contributed by atoms with Crippen molar-refractivity contribution in [1.29, 1.82) is 0 Å². The molecule has 0 bridgehead atoms. The van der Waals surface area contributed by atoms with Gasteiger partial charge in [-0.1, -0.05) is 46.8 Å². The van der Waals surface area contributed by atoms with E-state index in [1.54, 1.807) is 32.0 Å². The number of thioether (sulfide) groups is 1. The first-order valence-corrected chi connectivity index (χ1v) is 11.6. The van der Waals surface area contributed by atoms with Crippen LogP contribution in [0.3, 0.4) is 0 Å². The van der Waals surface area contributed by atoms with Crippen LogP contribution in [0.2, 0.25) is 10.0 Å². The van der Waals surface area contributed by atoms with E-state index in [1.807, 2.05) is 0 Å². The van der Waals surface area contributed by atoms with E-state index in [-0.39, 0.29) is 32.2 Å². The predicted octanol–water partition coefficient (Wildman–Crippen LogP) is 5.15. The Kier molecular flexibility index (Phi) is 8.01. The Hall–Kier alpha value is -2.78. The monoisotopic (exact) mass is 543 g/mol. The number of nitrogens with one attached hydrogen (secondary N) is 1. The van der Waals surface area contributed by atoms with E-state index in [4.69, 9.17) is 23.2 Å². The number of nitrogens with zero attached hydrogens (tertiary/aromatic N) is 4. The van der Waals surface area contributed by atoms with E-state index in [1.165, 1.54) is 13.0 Å². The lowest BCUT2D eigenvalue weighted by atomic mass is 10.1. The van der Waals surface area contributed by atoms with Gasteiger partial charge in [0.15, 0.2) is 0 Å². The summed E-state index contributed by atoms with van der Waals surface area (Å²) in [5.41, 5.74) is -1.25. The molecule has 0 atom stereocenters. The highest BCUT2D eigenvalue weighted by Gasteiger charge is 2.33. The minimum absolute atomic E-state index is 0.0219. The summed E-state index contributed by atoms with van der Waals surface area (Å²) >= 11 is 13.3. The summed E-state index contributed by atoms with van der Waals surface area (Å²) in [6, 6.07) is 6.78. The summed E-state index contributed by atoms with van der Waals surface area (Å²) in [4.78, 5) is 12.4. The number of halogens is 5. The van der Waals surface area contributed by atoms with E-state index in [9.17, 15) is 23.1 Å². The van der Waals surface area contributed by atoms with Crippen LogP contribution in [0.1, 0.15) is 30.5 Å². The quantitative estimate of drug-likeness (QED) is 0.341. The fourth-order valence-corrected chi connectivity index (χ4v) is 3.99. The van der Waals surface area contributed by atoms with E-state index < -0.39 is 23.2 Å². The van der Waals surface area contributed by atoms with Crippen LogP contribution in [0.25, 0.3) is 5.69 Å². The number of amides is 1. The number of tetrazole rings is 1. The Bertz CT molecular complexity index is 1330. The third kappa shape index (κ3) is 7.11. The highest BCUT2D eigenvalue weighted by molar-refractivity contribution is 7.99. The lowest BCUT2D eigenvalue weighted by Crippen LogP contribution is -2.15. The van der Waals surface area contributed by atoms with Gasteiger partial charge in [-0.3, -0.25) is 4.79 Å². The zero-order valence-electron chi connectivity index (χ0n) is 18.5. The largest absolute Gasteiger partial charge is 0.416 e. The second-order valence-electron chi connectivity index (χ2n) is 7.83. The number of benzene rings is 2. The van der Waals surface area contributed by atoms with Gasteiger partial charge in [0.05, 0.1) is 32.7 Å². The Morgan fingerprint density at radius 3 is 2.54 bits per heavy atom. The highest BCUT2D eigenvalue weighted by atomic mass is 35.5. The van der Waals surface area contributed by atoms with Crippen molar-refractivity contribution < 1.29 is 23.1 Å². The van der Waals surface area contributed by atoms with Crippen molar-refractivity contribution in [3.63, 3.8) is 0 Å². The van der Waals surface area contributed by atoms with Gasteiger partial charge in [-0.15, -0.1) is 5.10 Å². The topological polar surface area (TPSA) is 92.9 Å². The van der Waals surface area contributed by atoms with Gasteiger partial charge in [0.2, 0.25) is 11.1 Å². The van der Waals surface area contributed by atoms with E-state index >= 15 is 0 Å². The van der Waals surface area contributed by atoms with Gasteiger partial charge in [-0.05, 0) is 67.1 Å². The molecule has 0 aliphatic rings. The second-order valence-corrected chi connectivity index (χ2v) is 9.59. The molecule has 0 unspecified atom stereocenters. The number of aromatic nitrogens is 4. The Morgan fingerprint density at radius 2 is 1.91 bits per heavy atom. The van der Waals surface area contributed by atoms with Crippen LogP contribution in [0.15, 0.2) is 35.5 Å². The molecular formula is C22H18Cl2F3N5O2S. The molecule has 13 heteroatoms. The van der Waals surface area contributed by atoms with Crippen LogP contribution in [0.4, 0.5) is 18.9 Å². The summed E-state index contributed by atoms with van der Waals surface area (Å²) in [6.45, 7) is 4.40. The van der Waals surface area contributed by atoms with Crippen molar-refractivity contribution in [2.24, 2.45) is 0 Å². The lowest BCUT2D eigenvalue weighted by Gasteiger charge is -2.14. The molecule has 0 radical (unpaired) electrons. The van der Waals surface area contributed by atoms with Crippen molar-refractivity contribution in [1.82, 2.24) is 20.2 Å². The fourth-order valence-electron chi connectivity index (χ4n) is 2.78. The SMILES string of the molecule is Cc1cc(Cl)c(-n2nnnc2SCC(=O)Nc2ccc(C#CC(C)(C)O)cc2Cl)cc1C(F)(F)F. The number of anilines is 1. The van der Waals surface area contributed by atoms with Gasteiger partial charge in [-0.2, -0.15) is 17.9 Å². The summed E-state index contributed by atoms with van der Waals surface area (Å²) in [5, 5.41) is 23.7. The number of hydrogen-bond acceptors (Lipinski definition) is 6. The van der Waals surface area contributed by atoms with Crippen molar-refractivity contribution in [2.45, 2.75) is 37.7 Å². The second kappa shape index (κ2) is 10.5. The van der Waals surface area contributed by atoms with Gasteiger partial charge in [-0.25, -0.2) is 0 Å². The predicted molar refractivity (Wildman–Crippen MR) is 128 cm³/mol. The highest BCUT2D eigenvalue weighted by Crippen LogP contribution is 2.36. The van der Waals surface area contributed by atoms with E-state index in [0.717, 1.165) is 22.5 Å². The first-order valence-electron chi connectivity index (χ1n) is 9.88. The average Bonchev–Trinajstić information content (AvgIpc) is 3.19. The molecule has 2 N–H and O–H groups in total. The molecule has 1 aromatic heterocycles. The summed E-state index contributed by atoms with van der Waals surface area (Å²) in [6.07, 6.45) is -4.58. The van der Waals surface area contributed by atoms with Crippen molar-refractivity contribution in [3.05, 3.63) is 57.1 Å². The number of rotatable bonds is 5. The third-order valence-corrected chi connectivity index (χ3v) is 5.89. The van der Waals surface area contributed by atoms with Crippen molar-refractivity contribution in [2.75, 3.05) is 11.1 Å². The number of aliphatic hydroxyl groups is 1. The summed E-state index contributed by atoms with van der Waals surface area (Å²) in [5.74, 6) is 4.84. The third-order valence-electron chi connectivity index (χ3n) is 4.36. The number of hydrogen-bond donors (Lipinski definition) is 2. The molecule has 0 saturated carbocycles. The molecule has 1 heterocycles. The molecule has 2 aromatic carbocycles. The first kappa shape index (κ1) is 26.8. The maximum absolute atomic E-state index is 13.3. The number of alkyl halides is 3. The zero-order valence-corrected chi connectivity index (χ0v) is 20.9. The zero-order chi connectivity index (χ0) is 26.0. The molecule has 3 aromatic rings. The smallest absolute Gasteiger partial charge is 0.378 e. The molecule has 3 rings (SSSR count). The normalized spacial score (nSPS) is 11.7. The lowest BCUT2D eigenvalue weighted by molar-refractivity contribution is -0.138. The van der Waals surface area contributed by atoms with Crippen LogP contribution < -0.4 is 5.32 Å². The van der Waals surface area contributed by atoms with Crippen LogP contribution >= 0.6 is 35.0 Å². The molecular weight excluding hydrogens is 526 g/mol. The maximum Gasteiger partial charge on any atom is 0.416 e. The molecule has 7 nitrogen and oxygen atoms in total. The van der Waals surface area contributed by atoms with Crippen LogP contribution in [-0.2, 0) is 11.0 Å². The molecule has 184 valence electrons. The number of carbonyl (C=O) groups is 1. The van der Waals surface area contributed by atoms with Crippen molar-refractivity contribution in [3.8, 4) is 17.5 Å². The number of aryl methyl sites for hydroxylation is 1. The Labute approximate surface area is 213 Å². The van der Waals surface area contributed by atoms with Crippen LogP contribution in [0.5, 0.6) is 0 Å². The summed E-state index contributed by atoms with van der Waals surface area (Å²) < 4.78 is 41.0. The van der Waals surface area contributed by atoms with Gasteiger partial charge in [0, 0.05) is 5.56 Å². The number of carbonyl (C=O) groups excluding carboxylic acids is 1. The Morgan fingerprint density at radius 1 is 1.20 bits per heavy atom. The molecule has 0 aliphatic carbocycles. The molecule has 0 aliphatic heterocycles. The maximum atomic E-state index is 13.3. The van der Waals surface area contributed by atoms with Crippen LogP contribution in [0, 0.1) is 18.8 Å². The summed E-state index contributed by atoms with van der Waals surface area (Å²) in [7, 11) is 0. The van der Waals surface area contributed by atoms with E-state index in [0.29, 0.717) is 11.3 Å². The van der Waals surface area contributed by atoms with Gasteiger partial charge >= 0.3 is 6.18 Å². The molecule has 0 saturated heterocycles. The molecule has 35 heavy (non-hydrogen) atoms. The fraction of sp³-hybridized carbons (Fsp3) is 0.273. The van der Waals surface area contributed by atoms with Crippen LogP contribution in [-0.4, -0.2) is 42.6 Å². The molecule has 0 spiro atoms. The standard InChI is InChI=1S/C22H18Cl2F3N5O2S/c1-12-8-16(24)18(10-14(12)22(25,26)27)32-20(29-30-31-32)35-11-19(33)28-17-5-4-13(9-15(17)23)6-7-21(2,3)34/h4-5,8-10,34H,11H2,1-3H3,(H,28,33). The minimum Gasteiger partial charge on any atom is -0.378 e. The van der Waals surface area contributed by atoms with Gasteiger partial charge < -0.3 is 10.4 Å². The van der Waals surface area contributed by atoms with Gasteiger partial charge in [0.1, 0.15) is 5.60 Å². The Balaban J connectivity index is 1.73. The van der Waals surface area contributed by atoms with E-state index in [2.05, 4.69) is 32.7 Å².